The van der Waals surface area contributed by atoms with Crippen molar-refractivity contribution in [3.05, 3.63) is 0 Å². The summed E-state index contributed by atoms with van der Waals surface area (Å²) in [7, 11) is 0. The molecule has 2 fully saturated rings. The summed E-state index contributed by atoms with van der Waals surface area (Å²) in [5, 5.41) is 3.81. The van der Waals surface area contributed by atoms with E-state index in [1.165, 1.54) is 32.1 Å². The topological polar surface area (TPSA) is 12.0 Å². The molecule has 0 radical (unpaired) electrons. The molecule has 1 heterocycles. The van der Waals surface area contributed by atoms with Gasteiger partial charge in [0.1, 0.15) is 0 Å². The first kappa shape index (κ1) is 9.51. The second kappa shape index (κ2) is 3.27. The van der Waals surface area contributed by atoms with E-state index in [0.29, 0.717) is 5.41 Å². The molecule has 13 heavy (non-hydrogen) atoms. The van der Waals surface area contributed by atoms with E-state index in [9.17, 15) is 0 Å². The first-order valence-corrected chi connectivity index (χ1v) is 5.81. The van der Waals surface area contributed by atoms with Crippen molar-refractivity contribution in [3.63, 3.8) is 0 Å². The Bertz CT molecular complexity index is 168. The van der Waals surface area contributed by atoms with Crippen LogP contribution in [0.4, 0.5) is 0 Å². The van der Waals surface area contributed by atoms with E-state index < -0.39 is 0 Å². The van der Waals surface area contributed by atoms with Gasteiger partial charge in [0.05, 0.1) is 0 Å². The Kier molecular flexibility index (Phi) is 2.39. The quantitative estimate of drug-likeness (QED) is 0.656. The molecule has 1 saturated carbocycles. The molecular weight excluding hydrogens is 158 g/mol. The minimum atomic E-state index is 0.496. The summed E-state index contributed by atoms with van der Waals surface area (Å²) in [5.74, 6) is 1.02. The second-order valence-corrected chi connectivity index (χ2v) is 6.16. The van der Waals surface area contributed by atoms with E-state index >= 15 is 0 Å². The maximum absolute atomic E-state index is 3.81. The molecule has 1 aliphatic carbocycles. The van der Waals surface area contributed by atoms with E-state index in [0.717, 1.165) is 18.0 Å². The first-order chi connectivity index (χ1) is 6.04. The van der Waals surface area contributed by atoms with Gasteiger partial charge in [-0.15, -0.1) is 0 Å². The normalized spacial score (nSPS) is 39.5. The predicted molar refractivity (Wildman–Crippen MR) is 56.7 cm³/mol. The number of hydrogen-bond acceptors (Lipinski definition) is 1. The molecule has 0 amide bonds. The highest BCUT2D eigenvalue weighted by atomic mass is 15.0. The molecule has 1 saturated heterocycles. The van der Waals surface area contributed by atoms with Gasteiger partial charge in [0, 0.05) is 12.1 Å². The molecule has 0 spiro atoms. The molecule has 1 nitrogen and oxygen atoms in total. The van der Waals surface area contributed by atoms with E-state index in [1.807, 2.05) is 0 Å². The van der Waals surface area contributed by atoms with Crippen molar-refractivity contribution in [1.29, 1.82) is 0 Å². The minimum absolute atomic E-state index is 0.496. The number of hydrogen-bond donors (Lipinski definition) is 1. The third-order valence-corrected chi connectivity index (χ3v) is 3.55. The van der Waals surface area contributed by atoms with Crippen molar-refractivity contribution in [3.8, 4) is 0 Å². The SMILES string of the molecule is CC(C)(C)CC1CC2CCCC2N1. The Morgan fingerprint density at radius 1 is 1.23 bits per heavy atom. The van der Waals surface area contributed by atoms with Gasteiger partial charge in [0.2, 0.25) is 0 Å². The smallest absolute Gasteiger partial charge is 0.00985 e. The fourth-order valence-electron chi connectivity index (χ4n) is 3.16. The van der Waals surface area contributed by atoms with Gasteiger partial charge in [-0.3, -0.25) is 0 Å². The Balaban J connectivity index is 1.85. The molecule has 76 valence electrons. The van der Waals surface area contributed by atoms with Crippen molar-refractivity contribution in [2.24, 2.45) is 11.3 Å². The van der Waals surface area contributed by atoms with Crippen LogP contribution in [0.2, 0.25) is 0 Å². The molecule has 0 bridgehead atoms. The van der Waals surface area contributed by atoms with E-state index in [2.05, 4.69) is 26.1 Å². The Hall–Kier alpha value is -0.0400. The lowest BCUT2D eigenvalue weighted by Crippen LogP contribution is -2.32. The zero-order valence-electron chi connectivity index (χ0n) is 9.27. The first-order valence-electron chi connectivity index (χ1n) is 5.81. The van der Waals surface area contributed by atoms with Gasteiger partial charge in [-0.05, 0) is 37.0 Å². The summed E-state index contributed by atoms with van der Waals surface area (Å²) in [5.41, 5.74) is 0.496. The van der Waals surface area contributed by atoms with Crippen molar-refractivity contribution < 1.29 is 0 Å². The van der Waals surface area contributed by atoms with Crippen molar-refractivity contribution in [1.82, 2.24) is 5.32 Å². The summed E-state index contributed by atoms with van der Waals surface area (Å²) in [6.45, 7) is 7.05. The minimum Gasteiger partial charge on any atom is -0.311 e. The van der Waals surface area contributed by atoms with Gasteiger partial charge in [0.15, 0.2) is 0 Å². The van der Waals surface area contributed by atoms with Crippen molar-refractivity contribution in [2.75, 3.05) is 0 Å². The molecule has 3 unspecified atom stereocenters. The third-order valence-electron chi connectivity index (χ3n) is 3.55. The molecule has 1 aliphatic heterocycles. The summed E-state index contributed by atoms with van der Waals surface area (Å²) in [6, 6.07) is 1.70. The van der Waals surface area contributed by atoms with Crippen LogP contribution in [0, 0.1) is 11.3 Å². The van der Waals surface area contributed by atoms with Crippen LogP contribution in [0.5, 0.6) is 0 Å². The van der Waals surface area contributed by atoms with Gasteiger partial charge in [-0.2, -0.15) is 0 Å². The molecule has 1 heteroatoms. The Labute approximate surface area is 82.3 Å². The highest BCUT2D eigenvalue weighted by molar-refractivity contribution is 4.95. The lowest BCUT2D eigenvalue weighted by atomic mass is 9.86. The summed E-state index contributed by atoms with van der Waals surface area (Å²) in [6.07, 6.45) is 7.18. The summed E-state index contributed by atoms with van der Waals surface area (Å²) >= 11 is 0. The lowest BCUT2D eigenvalue weighted by Gasteiger charge is -2.23. The van der Waals surface area contributed by atoms with E-state index in [1.54, 1.807) is 0 Å². The third kappa shape index (κ3) is 2.25. The van der Waals surface area contributed by atoms with Crippen LogP contribution < -0.4 is 5.32 Å². The monoisotopic (exact) mass is 181 g/mol. The van der Waals surface area contributed by atoms with Crippen LogP contribution in [0.3, 0.4) is 0 Å². The largest absolute Gasteiger partial charge is 0.311 e. The second-order valence-electron chi connectivity index (χ2n) is 6.16. The zero-order chi connectivity index (χ0) is 9.47. The molecule has 1 N–H and O–H groups in total. The van der Waals surface area contributed by atoms with Crippen molar-refractivity contribution in [2.45, 2.75) is 65.0 Å². The average molecular weight is 181 g/mol. The molecular formula is C12H23N. The van der Waals surface area contributed by atoms with Crippen LogP contribution >= 0.6 is 0 Å². The molecule has 3 atom stereocenters. The number of fused-ring (bicyclic) bond motifs is 1. The maximum Gasteiger partial charge on any atom is 0.00985 e. The Morgan fingerprint density at radius 2 is 2.00 bits per heavy atom. The van der Waals surface area contributed by atoms with E-state index in [4.69, 9.17) is 0 Å². The van der Waals surface area contributed by atoms with Crippen LogP contribution in [0.1, 0.15) is 52.9 Å². The van der Waals surface area contributed by atoms with Gasteiger partial charge in [-0.25, -0.2) is 0 Å². The summed E-state index contributed by atoms with van der Waals surface area (Å²) < 4.78 is 0. The fourth-order valence-corrected chi connectivity index (χ4v) is 3.16. The van der Waals surface area contributed by atoms with Gasteiger partial charge < -0.3 is 5.32 Å². The van der Waals surface area contributed by atoms with Gasteiger partial charge >= 0.3 is 0 Å². The van der Waals surface area contributed by atoms with Crippen LogP contribution in [0.25, 0.3) is 0 Å². The number of nitrogens with one attached hydrogen (secondary N) is 1. The van der Waals surface area contributed by atoms with Gasteiger partial charge in [0.25, 0.3) is 0 Å². The molecule has 0 aromatic rings. The predicted octanol–water partition coefficient (Wildman–Crippen LogP) is 2.95. The fraction of sp³-hybridized carbons (Fsp3) is 1.00. The zero-order valence-corrected chi connectivity index (χ0v) is 9.27. The lowest BCUT2D eigenvalue weighted by molar-refractivity contribution is 0.316. The van der Waals surface area contributed by atoms with Crippen molar-refractivity contribution >= 4 is 0 Å². The Morgan fingerprint density at radius 3 is 2.62 bits per heavy atom. The molecule has 0 aromatic heterocycles. The highest BCUT2D eigenvalue weighted by Gasteiger charge is 2.37. The summed E-state index contributed by atoms with van der Waals surface area (Å²) in [4.78, 5) is 0. The van der Waals surface area contributed by atoms with Crippen LogP contribution in [-0.4, -0.2) is 12.1 Å². The van der Waals surface area contributed by atoms with Crippen LogP contribution in [0.15, 0.2) is 0 Å². The molecule has 0 aromatic carbocycles. The van der Waals surface area contributed by atoms with E-state index in [-0.39, 0.29) is 0 Å². The van der Waals surface area contributed by atoms with Gasteiger partial charge in [-0.1, -0.05) is 27.2 Å². The number of rotatable bonds is 1. The molecule has 2 rings (SSSR count). The van der Waals surface area contributed by atoms with Crippen LogP contribution in [-0.2, 0) is 0 Å². The average Bonchev–Trinajstić information content (AvgIpc) is 2.40. The molecule has 2 aliphatic rings. The highest BCUT2D eigenvalue weighted by Crippen LogP contribution is 2.37. The standard InChI is InChI=1S/C12H23N/c1-12(2,3)8-10-7-9-5-4-6-11(9)13-10/h9-11,13H,4-8H2,1-3H3. The maximum atomic E-state index is 3.81.